The van der Waals surface area contributed by atoms with Gasteiger partial charge in [0.25, 0.3) is 0 Å². The van der Waals surface area contributed by atoms with Gasteiger partial charge in [-0.2, -0.15) is 5.10 Å². The molecule has 116 valence electrons. The van der Waals surface area contributed by atoms with Gasteiger partial charge in [0.2, 0.25) is 0 Å². The number of likely N-dealkylation sites (tertiary alicyclic amines) is 1. The molecule has 0 bridgehead atoms. The second-order valence-electron chi connectivity index (χ2n) is 6.57. The molecule has 4 rings (SSSR count). The molecule has 2 aromatic rings. The number of rotatable bonds is 3. The van der Waals surface area contributed by atoms with E-state index in [0.29, 0.717) is 6.04 Å². The van der Waals surface area contributed by atoms with Gasteiger partial charge in [0.15, 0.2) is 0 Å². The van der Waals surface area contributed by atoms with E-state index < -0.39 is 0 Å². The van der Waals surface area contributed by atoms with E-state index in [1.54, 1.807) is 0 Å². The molecule has 2 aliphatic heterocycles. The molecule has 2 aliphatic rings. The molecule has 5 nitrogen and oxygen atoms in total. The van der Waals surface area contributed by atoms with Crippen molar-refractivity contribution < 1.29 is 0 Å². The lowest BCUT2D eigenvalue weighted by molar-refractivity contribution is 0.313. The molecule has 2 fully saturated rings. The third-order valence-electron chi connectivity index (χ3n) is 4.93. The van der Waals surface area contributed by atoms with Gasteiger partial charge in [-0.1, -0.05) is 0 Å². The highest BCUT2D eigenvalue weighted by Crippen LogP contribution is 2.28. The molecule has 0 saturated carbocycles. The molecule has 2 saturated heterocycles. The van der Waals surface area contributed by atoms with E-state index in [0.717, 1.165) is 30.3 Å². The van der Waals surface area contributed by atoms with E-state index in [1.807, 2.05) is 36.3 Å². The van der Waals surface area contributed by atoms with Gasteiger partial charge in [0, 0.05) is 62.4 Å². The molecule has 0 amide bonds. The van der Waals surface area contributed by atoms with Crippen molar-refractivity contribution in [3.05, 3.63) is 36.3 Å². The van der Waals surface area contributed by atoms with Crippen LogP contribution in [-0.2, 0) is 13.6 Å². The molecule has 0 radical (unpaired) electrons. The minimum Gasteiger partial charge on any atom is -0.312 e. The van der Waals surface area contributed by atoms with E-state index in [1.165, 1.54) is 31.5 Å². The Morgan fingerprint density at radius 2 is 2.14 bits per heavy atom. The van der Waals surface area contributed by atoms with Crippen molar-refractivity contribution in [3.8, 4) is 11.3 Å². The van der Waals surface area contributed by atoms with Crippen molar-refractivity contribution in [2.24, 2.45) is 13.0 Å². The van der Waals surface area contributed by atoms with Gasteiger partial charge in [-0.25, -0.2) is 0 Å². The summed E-state index contributed by atoms with van der Waals surface area (Å²) in [6, 6.07) is 4.77. The van der Waals surface area contributed by atoms with Crippen LogP contribution in [0.25, 0.3) is 11.3 Å². The highest BCUT2D eigenvalue weighted by Gasteiger charge is 2.34. The van der Waals surface area contributed by atoms with Crippen LogP contribution < -0.4 is 5.32 Å². The van der Waals surface area contributed by atoms with E-state index in [2.05, 4.69) is 26.5 Å². The molecule has 5 heteroatoms. The quantitative estimate of drug-likeness (QED) is 0.936. The zero-order valence-corrected chi connectivity index (χ0v) is 13.1. The Morgan fingerprint density at radius 1 is 1.27 bits per heavy atom. The average Bonchev–Trinajstić information content (AvgIpc) is 3.11. The third kappa shape index (κ3) is 2.66. The van der Waals surface area contributed by atoms with Crippen molar-refractivity contribution in [1.29, 1.82) is 0 Å². The molecule has 0 spiro atoms. The number of aromatic nitrogens is 3. The largest absolute Gasteiger partial charge is 0.312 e. The lowest BCUT2D eigenvalue weighted by Gasteiger charge is -2.24. The van der Waals surface area contributed by atoms with Crippen LogP contribution in [0, 0.1) is 5.92 Å². The molecule has 22 heavy (non-hydrogen) atoms. The first-order valence-corrected chi connectivity index (χ1v) is 8.18. The predicted molar refractivity (Wildman–Crippen MR) is 86.2 cm³/mol. The Bertz CT molecular complexity index is 622. The Labute approximate surface area is 131 Å². The van der Waals surface area contributed by atoms with Crippen LogP contribution in [0.5, 0.6) is 0 Å². The van der Waals surface area contributed by atoms with Crippen molar-refractivity contribution in [3.63, 3.8) is 0 Å². The second kappa shape index (κ2) is 5.82. The van der Waals surface area contributed by atoms with Crippen molar-refractivity contribution in [2.75, 3.05) is 19.6 Å². The number of nitrogens with one attached hydrogen (secondary N) is 1. The number of nitrogens with zero attached hydrogens (tertiary/aromatic N) is 4. The monoisotopic (exact) mass is 297 g/mol. The highest BCUT2D eigenvalue weighted by atomic mass is 15.3. The predicted octanol–water partition coefficient (Wildman–Crippen LogP) is 1.67. The van der Waals surface area contributed by atoms with Crippen LogP contribution >= 0.6 is 0 Å². The third-order valence-corrected chi connectivity index (χ3v) is 4.93. The Hall–Kier alpha value is -1.72. The molecule has 1 N–H and O–H groups in total. The van der Waals surface area contributed by atoms with Gasteiger partial charge in [0.1, 0.15) is 0 Å². The highest BCUT2D eigenvalue weighted by molar-refractivity contribution is 5.61. The Balaban J connectivity index is 1.54. The summed E-state index contributed by atoms with van der Waals surface area (Å²) in [5.41, 5.74) is 3.56. The average molecular weight is 297 g/mol. The van der Waals surface area contributed by atoms with Crippen molar-refractivity contribution >= 4 is 0 Å². The maximum atomic E-state index is 4.66. The lowest BCUT2D eigenvalue weighted by Crippen LogP contribution is -2.40. The minimum atomic E-state index is 0.690. The minimum absolute atomic E-state index is 0.690. The number of piperidine rings is 1. The zero-order valence-electron chi connectivity index (χ0n) is 13.1. The number of fused-ring (bicyclic) bond motifs is 1. The smallest absolute Gasteiger partial charge is 0.0969 e. The molecule has 2 atom stereocenters. The summed E-state index contributed by atoms with van der Waals surface area (Å²) in [5.74, 6) is 0.829. The number of pyridine rings is 1. The van der Waals surface area contributed by atoms with E-state index in [4.69, 9.17) is 0 Å². The maximum absolute atomic E-state index is 4.66. The molecule has 0 unspecified atom stereocenters. The van der Waals surface area contributed by atoms with Gasteiger partial charge in [0.05, 0.1) is 5.69 Å². The number of aryl methyl sites for hydroxylation is 1. The van der Waals surface area contributed by atoms with Crippen molar-refractivity contribution in [2.45, 2.75) is 25.4 Å². The van der Waals surface area contributed by atoms with Crippen LogP contribution in [0.1, 0.15) is 18.4 Å². The van der Waals surface area contributed by atoms with Gasteiger partial charge >= 0.3 is 0 Å². The first-order valence-electron chi connectivity index (χ1n) is 8.18. The molecule has 0 aliphatic carbocycles. The van der Waals surface area contributed by atoms with Crippen LogP contribution in [0.2, 0.25) is 0 Å². The van der Waals surface area contributed by atoms with Crippen LogP contribution in [-0.4, -0.2) is 45.3 Å². The fourth-order valence-electron chi connectivity index (χ4n) is 3.91. The standard InChI is InChI=1S/C17H23N5/c1-21-9-15(17(20-21)13-4-7-18-8-5-13)11-22-10-14-3-2-6-19-16(14)12-22/h4-5,7-9,14,16,19H,2-3,6,10-12H2,1H3/t14-,16+/m0/s1. The van der Waals surface area contributed by atoms with Gasteiger partial charge in [-0.3, -0.25) is 14.6 Å². The summed E-state index contributed by atoms with van der Waals surface area (Å²) in [7, 11) is 2.00. The maximum Gasteiger partial charge on any atom is 0.0969 e. The van der Waals surface area contributed by atoms with E-state index in [9.17, 15) is 0 Å². The number of hydrogen-bond donors (Lipinski definition) is 1. The lowest BCUT2D eigenvalue weighted by atomic mass is 9.94. The van der Waals surface area contributed by atoms with Crippen LogP contribution in [0.4, 0.5) is 0 Å². The Morgan fingerprint density at radius 3 is 2.95 bits per heavy atom. The molecule has 2 aromatic heterocycles. The fraction of sp³-hybridized carbons (Fsp3) is 0.529. The Kier molecular flexibility index (Phi) is 3.68. The fourth-order valence-corrected chi connectivity index (χ4v) is 3.91. The van der Waals surface area contributed by atoms with Gasteiger partial charge in [-0.05, 0) is 37.4 Å². The van der Waals surface area contributed by atoms with Crippen molar-refractivity contribution in [1.82, 2.24) is 25.0 Å². The topological polar surface area (TPSA) is 46.0 Å². The molecule has 4 heterocycles. The van der Waals surface area contributed by atoms with E-state index >= 15 is 0 Å². The van der Waals surface area contributed by atoms with E-state index in [-0.39, 0.29) is 0 Å². The molecular formula is C17H23N5. The first kappa shape index (κ1) is 13.9. The summed E-state index contributed by atoms with van der Waals surface area (Å²) in [6.07, 6.45) is 8.53. The first-order chi connectivity index (χ1) is 10.8. The normalized spacial score (nSPS) is 25.3. The molecular weight excluding hydrogens is 274 g/mol. The summed E-state index contributed by atoms with van der Waals surface area (Å²) in [4.78, 5) is 6.69. The summed E-state index contributed by atoms with van der Waals surface area (Å²) in [6.45, 7) is 4.54. The zero-order chi connectivity index (χ0) is 14.9. The van der Waals surface area contributed by atoms with Gasteiger partial charge < -0.3 is 5.32 Å². The summed E-state index contributed by atoms with van der Waals surface area (Å²) in [5, 5.41) is 8.34. The molecule has 0 aromatic carbocycles. The second-order valence-corrected chi connectivity index (χ2v) is 6.57. The van der Waals surface area contributed by atoms with Gasteiger partial charge in [-0.15, -0.1) is 0 Å². The van der Waals surface area contributed by atoms with Crippen LogP contribution in [0.3, 0.4) is 0 Å². The van der Waals surface area contributed by atoms with Crippen LogP contribution in [0.15, 0.2) is 30.7 Å². The number of hydrogen-bond acceptors (Lipinski definition) is 4. The summed E-state index contributed by atoms with van der Waals surface area (Å²) >= 11 is 0. The SMILES string of the molecule is Cn1cc(CN2C[C@@H]3CCCN[C@@H]3C2)c(-c2ccncc2)n1. The summed E-state index contributed by atoms with van der Waals surface area (Å²) < 4.78 is 1.92.